The molecule has 0 N–H and O–H groups in total. The van der Waals surface area contributed by atoms with Crippen molar-refractivity contribution in [2.75, 3.05) is 0 Å². The Kier molecular flexibility index (Phi) is 6.29. The van der Waals surface area contributed by atoms with Crippen LogP contribution in [-0.2, 0) is 12.7 Å². The van der Waals surface area contributed by atoms with Gasteiger partial charge in [0.15, 0.2) is 4.47 Å². The molecule has 5 rings (SSSR count). The zero-order chi connectivity index (χ0) is 26.5. The number of alkyl halides is 3. The van der Waals surface area contributed by atoms with Gasteiger partial charge in [0.2, 0.25) is 0 Å². The number of hydrogen-bond acceptors (Lipinski definition) is 4. The van der Waals surface area contributed by atoms with Gasteiger partial charge in [-0.2, -0.15) is 17.6 Å². The van der Waals surface area contributed by atoms with Gasteiger partial charge in [0, 0.05) is 11.8 Å². The minimum absolute atomic E-state index is 0.0369. The predicted molar refractivity (Wildman–Crippen MR) is 135 cm³/mol. The second kappa shape index (κ2) is 9.32. The van der Waals surface area contributed by atoms with Gasteiger partial charge in [0.1, 0.15) is 12.1 Å². The topological polar surface area (TPSA) is 61.3 Å². The average Bonchev–Trinajstić information content (AvgIpc) is 3.26. The van der Waals surface area contributed by atoms with E-state index < -0.39 is 23.2 Å². The molecule has 0 aliphatic carbocycles. The number of thiazole rings is 1. The van der Waals surface area contributed by atoms with Gasteiger partial charge in [-0.15, -0.1) is 11.3 Å². The van der Waals surface area contributed by atoms with E-state index in [1.54, 1.807) is 49.6 Å². The highest BCUT2D eigenvalue weighted by Gasteiger charge is 2.30. The number of aromatic nitrogens is 3. The minimum atomic E-state index is -4.45. The van der Waals surface area contributed by atoms with Gasteiger partial charge >= 0.3 is 11.7 Å². The summed E-state index contributed by atoms with van der Waals surface area (Å²) in [7, 11) is 0. The fraction of sp³-hybridized carbons (Fsp3) is 0.148. The van der Waals surface area contributed by atoms with E-state index in [9.17, 15) is 23.1 Å². The average molecular weight is 542 g/mol. The number of rotatable bonds is 4. The molecular weight excluding hydrogens is 523 g/mol. The first-order valence-electron chi connectivity index (χ1n) is 11.2. The van der Waals surface area contributed by atoms with Gasteiger partial charge in [-0.1, -0.05) is 35.9 Å². The molecule has 188 valence electrons. The Bertz CT molecular complexity index is 1730. The van der Waals surface area contributed by atoms with Crippen molar-refractivity contribution < 1.29 is 22.8 Å². The number of hydrogen-bond donors (Lipinski definition) is 0. The maximum Gasteiger partial charge on any atom is 0.416 e. The number of nitrogens with zero attached hydrogens (tertiary/aromatic N) is 3. The molecule has 5 nitrogen and oxygen atoms in total. The van der Waals surface area contributed by atoms with Crippen molar-refractivity contribution >= 4 is 28.6 Å². The van der Waals surface area contributed by atoms with E-state index in [2.05, 4.69) is 4.98 Å². The van der Waals surface area contributed by atoms with Gasteiger partial charge in [0.25, 0.3) is 5.65 Å². The summed E-state index contributed by atoms with van der Waals surface area (Å²) in [5.41, 5.74) is 1.92. The second-order valence-corrected chi connectivity index (χ2v) is 10.3. The third kappa shape index (κ3) is 4.60. The molecule has 10 heteroatoms. The van der Waals surface area contributed by atoms with Crippen molar-refractivity contribution in [1.82, 2.24) is 9.38 Å². The number of fused-ring (bicyclic) bond motifs is 1. The Labute approximate surface area is 218 Å². The summed E-state index contributed by atoms with van der Waals surface area (Å²) in [5, 5.41) is 13.8. The first-order valence-corrected chi connectivity index (χ1v) is 12.4. The Hall–Kier alpha value is -3.69. The minimum Gasteiger partial charge on any atom is -0.842 e. The molecular formula is C27H19ClF3N3O2S. The van der Waals surface area contributed by atoms with Crippen LogP contribution >= 0.6 is 22.9 Å². The van der Waals surface area contributed by atoms with Crippen LogP contribution in [-0.4, -0.2) is 9.38 Å². The summed E-state index contributed by atoms with van der Waals surface area (Å²) in [4.78, 5) is 18.4. The molecule has 3 aromatic heterocycles. The second-order valence-electron chi connectivity index (χ2n) is 8.64. The highest BCUT2D eigenvalue weighted by Crippen LogP contribution is 2.34. The first-order chi connectivity index (χ1) is 17.5. The van der Waals surface area contributed by atoms with Gasteiger partial charge < -0.3 is 5.11 Å². The van der Waals surface area contributed by atoms with Gasteiger partial charge in [0.05, 0.1) is 22.5 Å². The maximum atomic E-state index is 13.8. The number of pyridine rings is 1. The largest absolute Gasteiger partial charge is 0.842 e. The third-order valence-electron chi connectivity index (χ3n) is 6.16. The lowest BCUT2D eigenvalue weighted by molar-refractivity contribution is -0.707. The van der Waals surface area contributed by atoms with Crippen molar-refractivity contribution in [3.63, 3.8) is 0 Å². The van der Waals surface area contributed by atoms with Crippen molar-refractivity contribution in [3.8, 4) is 28.1 Å². The first kappa shape index (κ1) is 25.0. The van der Waals surface area contributed by atoms with E-state index in [1.807, 2.05) is 13.0 Å². The van der Waals surface area contributed by atoms with Crippen LogP contribution < -0.4 is 15.2 Å². The quantitative estimate of drug-likeness (QED) is 0.271. The summed E-state index contributed by atoms with van der Waals surface area (Å²) in [5.74, 6) is -0.481. The normalized spacial score (nSPS) is 11.8. The SMILES string of the molecule is Cc1cc(C(F)(F)F)ccc1-c1cccc(-c2c([O-])[n+](Cc3cnc(Cl)s3)c3c(C)cccn3c2=O)c1. The molecule has 3 heterocycles. The van der Waals surface area contributed by atoms with Crippen LogP contribution in [0.3, 0.4) is 0 Å². The summed E-state index contributed by atoms with van der Waals surface area (Å²) in [6.45, 7) is 3.58. The molecule has 37 heavy (non-hydrogen) atoms. The Morgan fingerprint density at radius 3 is 2.49 bits per heavy atom. The summed E-state index contributed by atoms with van der Waals surface area (Å²) in [6, 6.07) is 13.8. The molecule has 0 saturated carbocycles. The third-order valence-corrected chi connectivity index (χ3v) is 7.26. The van der Waals surface area contributed by atoms with Crippen molar-refractivity contribution in [1.29, 1.82) is 0 Å². The summed E-state index contributed by atoms with van der Waals surface area (Å²) in [6.07, 6.45) is -1.25. The standard InChI is InChI=1S/C27H19ClF3N3O2S/c1-15-5-4-10-33-23(15)34(14-20-13-32-26(28)37-20)25(36)22(24(33)35)18-7-3-6-17(12-18)21-9-8-19(11-16(21)2)27(29,30)31/h3-13H,14H2,1-2H3. The molecule has 0 spiro atoms. The number of halogens is 4. The monoisotopic (exact) mass is 541 g/mol. The Morgan fingerprint density at radius 1 is 1.05 bits per heavy atom. The van der Waals surface area contributed by atoms with E-state index in [0.29, 0.717) is 32.4 Å². The lowest BCUT2D eigenvalue weighted by Crippen LogP contribution is -2.44. The number of aryl methyl sites for hydroxylation is 2. The fourth-order valence-corrected chi connectivity index (χ4v) is 5.44. The molecule has 2 aromatic carbocycles. The van der Waals surface area contributed by atoms with Crippen LogP contribution in [0, 0.1) is 13.8 Å². The lowest BCUT2D eigenvalue weighted by atomic mass is 9.95. The van der Waals surface area contributed by atoms with E-state index in [4.69, 9.17) is 11.6 Å². The number of benzene rings is 2. The van der Waals surface area contributed by atoms with Crippen LogP contribution in [0.5, 0.6) is 5.88 Å². The smallest absolute Gasteiger partial charge is 0.416 e. The van der Waals surface area contributed by atoms with Crippen molar-refractivity contribution in [3.05, 3.63) is 103 Å². The van der Waals surface area contributed by atoms with Crippen molar-refractivity contribution in [2.24, 2.45) is 0 Å². The van der Waals surface area contributed by atoms with Crippen molar-refractivity contribution in [2.45, 2.75) is 26.6 Å². The van der Waals surface area contributed by atoms with Crippen LogP contribution in [0.25, 0.3) is 27.9 Å². The fourth-order valence-electron chi connectivity index (χ4n) is 4.47. The Balaban J connectivity index is 1.70. The zero-order valence-electron chi connectivity index (χ0n) is 19.6. The maximum absolute atomic E-state index is 13.8. The molecule has 0 fully saturated rings. The molecule has 5 aromatic rings. The van der Waals surface area contributed by atoms with E-state index in [-0.39, 0.29) is 12.1 Å². The van der Waals surface area contributed by atoms with Crippen LogP contribution in [0.15, 0.2) is 71.8 Å². The van der Waals surface area contributed by atoms with Crippen LogP contribution in [0.1, 0.15) is 21.6 Å². The molecule has 0 aliphatic rings. The summed E-state index contributed by atoms with van der Waals surface area (Å²) >= 11 is 7.24. The highest BCUT2D eigenvalue weighted by molar-refractivity contribution is 7.15. The summed E-state index contributed by atoms with van der Waals surface area (Å²) < 4.78 is 42.7. The Morgan fingerprint density at radius 2 is 1.81 bits per heavy atom. The molecule has 0 bridgehead atoms. The molecule has 0 atom stereocenters. The van der Waals surface area contributed by atoms with Gasteiger partial charge in [-0.3, -0.25) is 0 Å². The van der Waals surface area contributed by atoms with Gasteiger partial charge in [-0.05, 0) is 66.4 Å². The van der Waals surface area contributed by atoms with E-state index >= 15 is 0 Å². The van der Waals surface area contributed by atoms with Gasteiger partial charge in [-0.25, -0.2) is 14.3 Å². The lowest BCUT2D eigenvalue weighted by Gasteiger charge is -2.18. The molecule has 0 unspecified atom stereocenters. The molecule has 0 saturated heterocycles. The van der Waals surface area contributed by atoms with Crippen LogP contribution in [0.4, 0.5) is 13.2 Å². The van der Waals surface area contributed by atoms with Crippen LogP contribution in [0.2, 0.25) is 4.47 Å². The molecule has 0 radical (unpaired) electrons. The van der Waals surface area contributed by atoms with E-state index in [0.717, 1.165) is 22.6 Å². The molecule has 0 amide bonds. The highest BCUT2D eigenvalue weighted by atomic mass is 35.5. The van der Waals surface area contributed by atoms with E-state index in [1.165, 1.54) is 26.4 Å². The predicted octanol–water partition coefficient (Wildman–Crippen LogP) is 5.79. The zero-order valence-corrected chi connectivity index (χ0v) is 21.2. The molecule has 0 aliphatic heterocycles.